The van der Waals surface area contributed by atoms with Crippen LogP contribution in [-0.2, 0) is 4.57 Å². The summed E-state index contributed by atoms with van der Waals surface area (Å²) in [6.45, 7) is 3.21. The predicted octanol–water partition coefficient (Wildman–Crippen LogP) is 1.40. The zero-order valence-corrected chi connectivity index (χ0v) is 7.26. The van der Waals surface area contributed by atoms with Crippen molar-refractivity contribution in [3.63, 3.8) is 0 Å². The molecule has 1 aromatic heterocycles. The summed E-state index contributed by atoms with van der Waals surface area (Å²) in [5.41, 5.74) is 0.411. The van der Waals surface area contributed by atoms with Crippen LogP contribution in [0.1, 0.15) is 5.76 Å². The second-order valence-electron chi connectivity index (χ2n) is 2.60. The van der Waals surface area contributed by atoms with Gasteiger partial charge in [0.25, 0.3) is 0 Å². The maximum Gasteiger partial charge on any atom is 0.204 e. The van der Waals surface area contributed by atoms with E-state index in [-0.39, 0.29) is 5.76 Å². The molecule has 1 heterocycles. The van der Waals surface area contributed by atoms with E-state index in [0.717, 1.165) is 0 Å². The maximum atomic E-state index is 11.3. The molecule has 11 heavy (non-hydrogen) atoms. The molecule has 58 valence electrons. The largest absolute Gasteiger partial charge is 0.443 e. The molecule has 0 aliphatic carbocycles. The molecule has 3 nitrogen and oxygen atoms in total. The SMILES string of the molecule is CP(C)(=O)c1ccc(C#N)o1. The first-order valence-electron chi connectivity index (χ1n) is 3.09. The van der Waals surface area contributed by atoms with Gasteiger partial charge in [0.1, 0.15) is 13.2 Å². The molecule has 0 aliphatic heterocycles. The highest BCUT2D eigenvalue weighted by atomic mass is 31.2. The Labute approximate surface area is 65.0 Å². The fraction of sp³-hybridized carbons (Fsp3) is 0.286. The van der Waals surface area contributed by atoms with Gasteiger partial charge in [0.2, 0.25) is 5.76 Å². The Morgan fingerprint density at radius 3 is 2.45 bits per heavy atom. The van der Waals surface area contributed by atoms with Gasteiger partial charge in [-0.3, -0.25) is 0 Å². The summed E-state index contributed by atoms with van der Waals surface area (Å²) >= 11 is 0. The molecule has 0 spiro atoms. The lowest BCUT2D eigenvalue weighted by Crippen LogP contribution is -1.96. The van der Waals surface area contributed by atoms with Crippen LogP contribution in [0.3, 0.4) is 0 Å². The Morgan fingerprint density at radius 2 is 2.18 bits per heavy atom. The molecule has 1 rings (SSSR count). The summed E-state index contributed by atoms with van der Waals surface area (Å²) in [4.78, 5) is 0. The van der Waals surface area contributed by atoms with Crippen molar-refractivity contribution in [1.29, 1.82) is 5.26 Å². The van der Waals surface area contributed by atoms with Crippen molar-refractivity contribution in [2.45, 2.75) is 0 Å². The standard InChI is InChI=1S/C7H8NO2P/c1-11(2,9)7-4-3-6(5-8)10-7/h3-4H,1-2H3. The fourth-order valence-electron chi connectivity index (χ4n) is 0.677. The van der Waals surface area contributed by atoms with Crippen molar-refractivity contribution in [1.82, 2.24) is 0 Å². The second-order valence-corrected chi connectivity index (χ2v) is 5.74. The maximum absolute atomic E-state index is 11.3. The van der Waals surface area contributed by atoms with Crippen molar-refractivity contribution >= 4 is 12.6 Å². The normalized spacial score (nSPS) is 11.0. The summed E-state index contributed by atoms with van der Waals surface area (Å²) in [6.07, 6.45) is 0. The van der Waals surface area contributed by atoms with Gasteiger partial charge >= 0.3 is 0 Å². The summed E-state index contributed by atoms with van der Waals surface area (Å²) < 4.78 is 16.3. The average Bonchev–Trinajstić information content (AvgIpc) is 2.32. The third-order valence-corrected chi connectivity index (χ3v) is 2.53. The van der Waals surface area contributed by atoms with Crippen molar-refractivity contribution in [2.75, 3.05) is 13.3 Å². The van der Waals surface area contributed by atoms with Gasteiger partial charge in [-0.15, -0.1) is 0 Å². The van der Waals surface area contributed by atoms with Crippen LogP contribution in [0.15, 0.2) is 16.5 Å². The van der Waals surface area contributed by atoms with Crippen LogP contribution in [0.4, 0.5) is 0 Å². The van der Waals surface area contributed by atoms with Crippen LogP contribution in [0.5, 0.6) is 0 Å². The highest BCUT2D eigenvalue weighted by molar-refractivity contribution is 7.69. The molecule has 0 amide bonds. The zero-order chi connectivity index (χ0) is 8.48. The van der Waals surface area contributed by atoms with Crippen LogP contribution in [-0.4, -0.2) is 13.3 Å². The molecule has 1 aromatic rings. The van der Waals surface area contributed by atoms with E-state index in [1.165, 1.54) is 6.07 Å². The number of rotatable bonds is 1. The number of nitriles is 1. The van der Waals surface area contributed by atoms with Gasteiger partial charge in [-0.1, -0.05) is 0 Å². The molecular formula is C7H8NO2P. The molecular weight excluding hydrogens is 161 g/mol. The van der Waals surface area contributed by atoms with E-state index in [2.05, 4.69) is 0 Å². The van der Waals surface area contributed by atoms with E-state index in [1.54, 1.807) is 19.4 Å². The van der Waals surface area contributed by atoms with Gasteiger partial charge in [0.05, 0.1) is 0 Å². The Morgan fingerprint density at radius 1 is 1.55 bits per heavy atom. The molecule has 4 heteroatoms. The Balaban J connectivity index is 3.11. The van der Waals surface area contributed by atoms with Crippen molar-refractivity contribution in [3.05, 3.63) is 17.9 Å². The van der Waals surface area contributed by atoms with Crippen LogP contribution >= 0.6 is 7.14 Å². The number of hydrogen-bond donors (Lipinski definition) is 0. The lowest BCUT2D eigenvalue weighted by molar-refractivity contribution is 0.557. The molecule has 0 fully saturated rings. The molecule has 0 saturated carbocycles. The molecule has 0 saturated heterocycles. The average molecular weight is 169 g/mol. The minimum absolute atomic E-state index is 0.212. The van der Waals surface area contributed by atoms with E-state index < -0.39 is 7.14 Å². The molecule has 0 aromatic carbocycles. The Kier molecular flexibility index (Phi) is 1.89. The van der Waals surface area contributed by atoms with Crippen molar-refractivity contribution in [2.24, 2.45) is 0 Å². The molecule has 0 N–H and O–H groups in total. The van der Waals surface area contributed by atoms with E-state index in [4.69, 9.17) is 9.68 Å². The van der Waals surface area contributed by atoms with E-state index >= 15 is 0 Å². The first-order chi connectivity index (χ1) is 5.04. The summed E-state index contributed by atoms with van der Waals surface area (Å²) in [7, 11) is -2.33. The van der Waals surface area contributed by atoms with E-state index in [0.29, 0.717) is 5.50 Å². The van der Waals surface area contributed by atoms with Gasteiger partial charge in [0, 0.05) is 0 Å². The van der Waals surface area contributed by atoms with Crippen molar-refractivity contribution < 1.29 is 8.98 Å². The third kappa shape index (κ3) is 1.72. The lowest BCUT2D eigenvalue weighted by Gasteiger charge is -1.98. The van der Waals surface area contributed by atoms with E-state index in [1.807, 2.05) is 6.07 Å². The highest BCUT2D eigenvalue weighted by Gasteiger charge is 2.15. The van der Waals surface area contributed by atoms with Gasteiger partial charge in [0.15, 0.2) is 5.50 Å². The Bertz CT molecular complexity index is 342. The van der Waals surface area contributed by atoms with Gasteiger partial charge in [-0.2, -0.15) is 5.26 Å². The van der Waals surface area contributed by atoms with Crippen LogP contribution < -0.4 is 5.50 Å². The van der Waals surface area contributed by atoms with Crippen LogP contribution in [0.2, 0.25) is 0 Å². The lowest BCUT2D eigenvalue weighted by atomic mass is 10.5. The minimum atomic E-state index is -2.33. The first-order valence-corrected chi connectivity index (χ1v) is 5.69. The summed E-state index contributed by atoms with van der Waals surface area (Å²) in [5, 5.41) is 8.38. The third-order valence-electron chi connectivity index (χ3n) is 1.23. The highest BCUT2D eigenvalue weighted by Crippen LogP contribution is 2.34. The molecule has 0 unspecified atom stereocenters. The number of hydrogen-bond acceptors (Lipinski definition) is 3. The van der Waals surface area contributed by atoms with Gasteiger partial charge in [-0.05, 0) is 25.5 Å². The smallest absolute Gasteiger partial charge is 0.204 e. The monoisotopic (exact) mass is 169 g/mol. The minimum Gasteiger partial charge on any atom is -0.443 e. The van der Waals surface area contributed by atoms with Gasteiger partial charge < -0.3 is 8.98 Å². The quantitative estimate of drug-likeness (QED) is 0.597. The second kappa shape index (κ2) is 2.56. The topological polar surface area (TPSA) is 54.0 Å². The summed E-state index contributed by atoms with van der Waals surface area (Å²) in [6, 6.07) is 4.94. The number of nitrogens with zero attached hydrogens (tertiary/aromatic N) is 1. The van der Waals surface area contributed by atoms with Crippen molar-refractivity contribution in [3.8, 4) is 6.07 Å². The zero-order valence-electron chi connectivity index (χ0n) is 6.37. The Hall–Kier alpha value is -1.00. The molecule has 0 radical (unpaired) electrons. The summed E-state index contributed by atoms with van der Waals surface area (Å²) in [5.74, 6) is 0.212. The van der Waals surface area contributed by atoms with Crippen LogP contribution in [0.25, 0.3) is 0 Å². The first kappa shape index (κ1) is 8.10. The molecule has 0 bridgehead atoms. The van der Waals surface area contributed by atoms with E-state index in [9.17, 15) is 4.57 Å². The van der Waals surface area contributed by atoms with Gasteiger partial charge in [-0.25, -0.2) is 0 Å². The molecule has 0 aliphatic rings. The van der Waals surface area contributed by atoms with Crippen LogP contribution in [0, 0.1) is 11.3 Å². The molecule has 0 atom stereocenters. The number of furan rings is 1. The predicted molar refractivity (Wildman–Crippen MR) is 42.5 cm³/mol. The fourth-order valence-corrected chi connectivity index (χ4v) is 1.43.